The van der Waals surface area contributed by atoms with Crippen molar-refractivity contribution in [1.29, 1.82) is 0 Å². The van der Waals surface area contributed by atoms with Gasteiger partial charge in [0.2, 0.25) is 0 Å². The highest BCUT2D eigenvalue weighted by molar-refractivity contribution is 5.93. The van der Waals surface area contributed by atoms with Crippen LogP contribution >= 0.6 is 0 Å². The first kappa shape index (κ1) is 19.4. The van der Waals surface area contributed by atoms with E-state index in [-0.39, 0.29) is 11.5 Å². The lowest BCUT2D eigenvalue weighted by Crippen LogP contribution is -2.38. The summed E-state index contributed by atoms with van der Waals surface area (Å²) in [6, 6.07) is 4.32. The number of rotatable bonds is 4. The van der Waals surface area contributed by atoms with Crippen LogP contribution in [0.25, 0.3) is 10.4 Å². The molecule has 5 heterocycles. The number of nitrogens with zero attached hydrogens (tertiary/aromatic N) is 7. The fourth-order valence-corrected chi connectivity index (χ4v) is 4.20. The van der Waals surface area contributed by atoms with Gasteiger partial charge in [-0.15, -0.1) is 0 Å². The number of carbonyl (C=O) groups excluding carboxylic acids is 1. The van der Waals surface area contributed by atoms with E-state index in [1.165, 1.54) is 23.0 Å². The van der Waals surface area contributed by atoms with Crippen LogP contribution in [0.3, 0.4) is 0 Å². The molecule has 11 heteroatoms. The molecular formula is C22H18FN9O. The van der Waals surface area contributed by atoms with Crippen molar-refractivity contribution in [3.63, 3.8) is 0 Å². The van der Waals surface area contributed by atoms with Crippen molar-refractivity contribution >= 4 is 17.2 Å². The molecule has 2 N–H and O–H groups in total. The van der Waals surface area contributed by atoms with Crippen LogP contribution in [0.2, 0.25) is 0 Å². The highest BCUT2D eigenvalue weighted by atomic mass is 19.1. The molecule has 1 saturated carbocycles. The van der Waals surface area contributed by atoms with E-state index >= 15 is 0 Å². The van der Waals surface area contributed by atoms with Crippen molar-refractivity contribution < 1.29 is 9.18 Å². The number of imidazole rings is 1. The number of H-pyrrole nitrogens is 1. The predicted octanol–water partition coefficient (Wildman–Crippen LogP) is 2.28. The summed E-state index contributed by atoms with van der Waals surface area (Å²) in [6.07, 6.45) is 8.29. The molecular weight excluding hydrogens is 425 g/mol. The lowest BCUT2D eigenvalue weighted by Gasteiger charge is -2.34. The van der Waals surface area contributed by atoms with Gasteiger partial charge in [0, 0.05) is 24.9 Å². The quantitative estimate of drug-likeness (QED) is 0.469. The van der Waals surface area contributed by atoms with Gasteiger partial charge in [0.1, 0.15) is 28.9 Å². The zero-order chi connectivity index (χ0) is 22.6. The maximum Gasteiger partial charge on any atom is 0.308 e. The molecule has 10 nitrogen and oxygen atoms in total. The van der Waals surface area contributed by atoms with Crippen LogP contribution in [0.4, 0.5) is 10.2 Å². The molecule has 0 saturated heterocycles. The Hall–Kier alpha value is -4.33. The third kappa shape index (κ3) is 3.18. The Balaban J connectivity index is 1.35. The van der Waals surface area contributed by atoms with Gasteiger partial charge in [-0.2, -0.15) is 5.10 Å². The smallest absolute Gasteiger partial charge is 0.308 e. The number of hydrogen-bond donors (Lipinski definition) is 2. The Kier molecular flexibility index (Phi) is 4.16. The molecule has 0 unspecified atom stereocenters. The molecule has 1 aliphatic heterocycles. The monoisotopic (exact) mass is 443 g/mol. The minimum atomic E-state index is -0.788. The highest BCUT2D eigenvalue weighted by Gasteiger charge is 2.52. The van der Waals surface area contributed by atoms with Crippen molar-refractivity contribution in [2.75, 3.05) is 11.4 Å². The molecule has 1 aliphatic carbocycles. The molecule has 1 atom stereocenters. The number of hydrogen-bond acceptors (Lipinski definition) is 6. The number of amides is 1. The van der Waals surface area contributed by atoms with Crippen molar-refractivity contribution in [2.45, 2.75) is 31.0 Å². The highest BCUT2D eigenvalue weighted by Crippen LogP contribution is 2.37. The maximum absolute atomic E-state index is 14.3. The van der Waals surface area contributed by atoms with Gasteiger partial charge in [-0.1, -0.05) is 0 Å². The third-order valence-corrected chi connectivity index (χ3v) is 6.12. The molecule has 1 fully saturated rings. The standard InChI is InChI=1S/C22H18FN9O/c1-24-22(5-6-22)29-21(33)16-10-26-18(11-25-16)31-8-4-14-19(28-12-27-14)20(31)15-9-17-13(23)3-2-7-32(17)30-15/h2-3,7,9-12,20H,4-6,8H2,(H,27,28)(H,29,33)/t20-/m1/s1. The second-order valence-corrected chi connectivity index (χ2v) is 8.22. The van der Waals surface area contributed by atoms with Crippen LogP contribution in [-0.2, 0) is 6.42 Å². The number of anilines is 1. The Morgan fingerprint density at radius 3 is 2.91 bits per heavy atom. The molecule has 0 spiro atoms. The Morgan fingerprint density at radius 1 is 1.30 bits per heavy atom. The van der Waals surface area contributed by atoms with Gasteiger partial charge in [0.25, 0.3) is 5.91 Å². The number of fused-ring (bicyclic) bond motifs is 2. The first-order valence-electron chi connectivity index (χ1n) is 10.5. The number of halogens is 1. The predicted molar refractivity (Wildman–Crippen MR) is 115 cm³/mol. The summed E-state index contributed by atoms with van der Waals surface area (Å²) in [7, 11) is 0. The normalized spacial score (nSPS) is 18.5. The summed E-state index contributed by atoms with van der Waals surface area (Å²) in [6.45, 7) is 7.83. The average molecular weight is 443 g/mol. The number of aromatic amines is 1. The van der Waals surface area contributed by atoms with Gasteiger partial charge in [0.15, 0.2) is 0 Å². The molecule has 4 aromatic heterocycles. The SMILES string of the molecule is [C-]#[N+]C1(NC(=O)c2cnc(N3CCc4[nH]cnc4[C@H]3c3cc4c(F)cccn4n3)cn2)CC1. The first-order chi connectivity index (χ1) is 16.1. The number of carbonyl (C=O) groups is 1. The molecule has 33 heavy (non-hydrogen) atoms. The molecule has 4 aromatic rings. The van der Waals surface area contributed by atoms with Gasteiger partial charge in [0.05, 0.1) is 43.0 Å². The molecule has 164 valence electrons. The maximum atomic E-state index is 14.3. The van der Waals surface area contributed by atoms with Gasteiger partial charge in [-0.3, -0.25) is 15.0 Å². The van der Waals surface area contributed by atoms with Crippen molar-refractivity contribution in [3.8, 4) is 0 Å². The zero-order valence-corrected chi connectivity index (χ0v) is 17.4. The van der Waals surface area contributed by atoms with E-state index in [0.717, 1.165) is 11.4 Å². The summed E-state index contributed by atoms with van der Waals surface area (Å²) < 4.78 is 15.8. The molecule has 1 amide bonds. The zero-order valence-electron chi connectivity index (χ0n) is 17.4. The minimum absolute atomic E-state index is 0.150. The topological polar surface area (TPSA) is 108 Å². The van der Waals surface area contributed by atoms with E-state index in [2.05, 4.69) is 35.2 Å². The fourth-order valence-electron chi connectivity index (χ4n) is 4.20. The van der Waals surface area contributed by atoms with E-state index < -0.39 is 17.6 Å². The summed E-state index contributed by atoms with van der Waals surface area (Å²) in [5, 5.41) is 7.32. The number of pyridine rings is 1. The minimum Gasteiger partial charge on any atom is -0.348 e. The average Bonchev–Trinajstić information content (AvgIpc) is 3.23. The number of nitrogens with one attached hydrogen (secondary N) is 2. The summed E-state index contributed by atoms with van der Waals surface area (Å²) in [5.74, 6) is -0.221. The summed E-state index contributed by atoms with van der Waals surface area (Å²) in [4.78, 5) is 34.4. The lowest BCUT2D eigenvalue weighted by atomic mass is 10.00. The van der Waals surface area contributed by atoms with E-state index in [0.29, 0.717) is 42.8 Å². The van der Waals surface area contributed by atoms with Crippen molar-refractivity contribution in [3.05, 3.63) is 83.1 Å². The van der Waals surface area contributed by atoms with Crippen molar-refractivity contribution in [1.82, 2.24) is 34.9 Å². The largest absolute Gasteiger partial charge is 0.348 e. The number of aromatic nitrogens is 6. The lowest BCUT2D eigenvalue weighted by molar-refractivity contribution is 0.0934. The van der Waals surface area contributed by atoms with Crippen molar-refractivity contribution in [2.24, 2.45) is 0 Å². The van der Waals surface area contributed by atoms with Crippen LogP contribution < -0.4 is 10.2 Å². The van der Waals surface area contributed by atoms with Gasteiger partial charge >= 0.3 is 5.66 Å². The van der Waals surface area contributed by atoms with Gasteiger partial charge in [-0.05, 0) is 18.2 Å². The van der Waals surface area contributed by atoms with E-state index in [1.807, 2.05) is 4.90 Å². The van der Waals surface area contributed by atoms with E-state index in [9.17, 15) is 9.18 Å². The van der Waals surface area contributed by atoms with Gasteiger partial charge < -0.3 is 9.88 Å². The molecule has 0 radical (unpaired) electrons. The van der Waals surface area contributed by atoms with Crippen LogP contribution in [-0.4, -0.2) is 47.7 Å². The van der Waals surface area contributed by atoms with E-state index in [4.69, 9.17) is 6.57 Å². The second-order valence-electron chi connectivity index (χ2n) is 8.22. The Bertz CT molecular complexity index is 1410. The van der Waals surface area contributed by atoms with Crippen LogP contribution in [0.15, 0.2) is 43.1 Å². The van der Waals surface area contributed by atoms with E-state index in [1.54, 1.807) is 24.7 Å². The fraction of sp³-hybridized carbons (Fsp3) is 0.273. The summed E-state index contributed by atoms with van der Waals surface area (Å²) >= 11 is 0. The van der Waals surface area contributed by atoms with Crippen LogP contribution in [0.1, 0.15) is 46.5 Å². The van der Waals surface area contributed by atoms with Crippen LogP contribution in [0.5, 0.6) is 0 Å². The first-order valence-corrected chi connectivity index (χ1v) is 10.5. The molecule has 0 aromatic carbocycles. The third-order valence-electron chi connectivity index (χ3n) is 6.12. The Labute approximate surface area is 187 Å². The molecule has 6 rings (SSSR count). The van der Waals surface area contributed by atoms with Crippen LogP contribution in [0, 0.1) is 12.4 Å². The molecule has 0 bridgehead atoms. The summed E-state index contributed by atoms with van der Waals surface area (Å²) in [5.41, 5.74) is 2.15. The molecule has 2 aliphatic rings. The Morgan fingerprint density at radius 2 is 2.18 bits per heavy atom. The van der Waals surface area contributed by atoms with Gasteiger partial charge in [-0.25, -0.2) is 30.4 Å². The second kappa shape index (κ2) is 7.09.